The first-order valence-corrected chi connectivity index (χ1v) is 7.22. The van der Waals surface area contributed by atoms with Gasteiger partial charge in [0.25, 0.3) is 5.91 Å². The quantitative estimate of drug-likeness (QED) is 0.809. The molecule has 4 rings (SSSR count). The third kappa shape index (κ3) is 2.11. The van der Waals surface area contributed by atoms with E-state index in [1.54, 1.807) is 30.1 Å². The number of hydrogen-bond donors (Lipinski definition) is 0. The molecular formula is C17H14N2O4. The lowest BCUT2D eigenvalue weighted by molar-refractivity contribution is -0.117. The van der Waals surface area contributed by atoms with Crippen LogP contribution >= 0.6 is 0 Å². The zero-order valence-corrected chi connectivity index (χ0v) is 12.5. The van der Waals surface area contributed by atoms with Crippen LogP contribution in [0.15, 0.2) is 42.5 Å². The van der Waals surface area contributed by atoms with Crippen LogP contribution in [0, 0.1) is 0 Å². The van der Waals surface area contributed by atoms with Crippen molar-refractivity contribution in [2.75, 3.05) is 30.2 Å². The third-order valence-corrected chi connectivity index (χ3v) is 4.07. The summed E-state index contributed by atoms with van der Waals surface area (Å²) < 4.78 is 10.6. The van der Waals surface area contributed by atoms with Crippen molar-refractivity contribution in [2.45, 2.75) is 0 Å². The van der Waals surface area contributed by atoms with Gasteiger partial charge in [0.15, 0.2) is 11.5 Å². The molecule has 0 unspecified atom stereocenters. The molecule has 0 atom stereocenters. The van der Waals surface area contributed by atoms with Crippen molar-refractivity contribution in [3.63, 3.8) is 0 Å². The Kier molecular flexibility index (Phi) is 2.97. The molecule has 0 aromatic heterocycles. The summed E-state index contributed by atoms with van der Waals surface area (Å²) in [5.41, 5.74) is 1.90. The number of para-hydroxylation sites is 2. The fourth-order valence-electron chi connectivity index (χ4n) is 2.80. The van der Waals surface area contributed by atoms with E-state index in [2.05, 4.69) is 0 Å². The fourth-order valence-corrected chi connectivity index (χ4v) is 2.80. The van der Waals surface area contributed by atoms with Crippen LogP contribution in [0.1, 0.15) is 10.4 Å². The smallest absolute Gasteiger partial charge is 0.258 e. The highest BCUT2D eigenvalue weighted by Gasteiger charge is 2.31. The first-order chi connectivity index (χ1) is 11.1. The van der Waals surface area contributed by atoms with Gasteiger partial charge < -0.3 is 14.4 Å². The summed E-state index contributed by atoms with van der Waals surface area (Å²) in [4.78, 5) is 28.1. The van der Waals surface area contributed by atoms with Gasteiger partial charge in [0.2, 0.25) is 12.7 Å². The van der Waals surface area contributed by atoms with Crippen LogP contribution in [0.2, 0.25) is 0 Å². The Labute approximate surface area is 132 Å². The van der Waals surface area contributed by atoms with Crippen LogP contribution in [-0.2, 0) is 4.79 Å². The topological polar surface area (TPSA) is 59.1 Å². The van der Waals surface area contributed by atoms with Gasteiger partial charge >= 0.3 is 0 Å². The number of likely N-dealkylation sites (N-methyl/N-ethyl adjacent to an activating group) is 1. The second-order valence-corrected chi connectivity index (χ2v) is 5.40. The van der Waals surface area contributed by atoms with E-state index in [1.165, 1.54) is 4.90 Å². The normalized spacial score (nSPS) is 15.6. The zero-order chi connectivity index (χ0) is 16.0. The van der Waals surface area contributed by atoms with Crippen LogP contribution in [0.5, 0.6) is 11.5 Å². The summed E-state index contributed by atoms with van der Waals surface area (Å²) in [5, 5.41) is 0. The number of amides is 2. The molecular weight excluding hydrogens is 296 g/mol. The summed E-state index contributed by atoms with van der Waals surface area (Å²) in [5.74, 6) is 0.802. The summed E-state index contributed by atoms with van der Waals surface area (Å²) >= 11 is 0. The predicted molar refractivity (Wildman–Crippen MR) is 84.1 cm³/mol. The minimum absolute atomic E-state index is 0.0147. The molecule has 6 heteroatoms. The van der Waals surface area contributed by atoms with Gasteiger partial charge in [-0.15, -0.1) is 0 Å². The molecule has 0 saturated carbocycles. The van der Waals surface area contributed by atoms with Gasteiger partial charge in [0.1, 0.15) is 6.54 Å². The van der Waals surface area contributed by atoms with Gasteiger partial charge in [-0.3, -0.25) is 14.5 Å². The molecule has 2 aliphatic rings. The van der Waals surface area contributed by atoms with Crippen LogP contribution in [0.3, 0.4) is 0 Å². The summed E-state index contributed by atoms with van der Waals surface area (Å²) in [7, 11) is 1.71. The predicted octanol–water partition coefficient (Wildman–Crippen LogP) is 2.04. The molecule has 2 heterocycles. The summed E-state index contributed by atoms with van der Waals surface area (Å²) in [6.45, 7) is 0.170. The van der Waals surface area contributed by atoms with Crippen LogP contribution in [0.4, 0.5) is 11.4 Å². The van der Waals surface area contributed by atoms with Gasteiger partial charge in [-0.1, -0.05) is 12.1 Å². The number of ether oxygens (including phenoxy) is 2. The summed E-state index contributed by atoms with van der Waals surface area (Å²) in [6, 6.07) is 12.4. The van der Waals surface area contributed by atoms with Crippen molar-refractivity contribution in [2.24, 2.45) is 0 Å². The number of carbonyl (C=O) groups is 2. The first kappa shape index (κ1) is 13.6. The van der Waals surface area contributed by atoms with Gasteiger partial charge in [0, 0.05) is 12.6 Å². The van der Waals surface area contributed by atoms with Crippen molar-refractivity contribution < 1.29 is 19.1 Å². The molecule has 0 bridgehead atoms. The number of benzene rings is 2. The summed E-state index contributed by atoms with van der Waals surface area (Å²) in [6.07, 6.45) is 0. The molecule has 2 amide bonds. The van der Waals surface area contributed by atoms with Crippen molar-refractivity contribution in [1.82, 2.24) is 0 Å². The van der Waals surface area contributed by atoms with E-state index >= 15 is 0 Å². The Balaban J connectivity index is 1.74. The van der Waals surface area contributed by atoms with Crippen molar-refractivity contribution in [3.8, 4) is 11.5 Å². The Hall–Kier alpha value is -3.02. The third-order valence-electron chi connectivity index (χ3n) is 4.07. The SMILES string of the molecule is CN1C(=O)CN(C(=O)c2ccc3c(c2)OCO3)c2ccccc21. The molecule has 0 saturated heterocycles. The van der Waals surface area contributed by atoms with E-state index in [4.69, 9.17) is 9.47 Å². The molecule has 6 nitrogen and oxygen atoms in total. The van der Waals surface area contributed by atoms with Crippen molar-refractivity contribution >= 4 is 23.2 Å². The molecule has 2 aromatic carbocycles. The molecule has 0 N–H and O–H groups in total. The molecule has 2 aromatic rings. The maximum atomic E-state index is 12.9. The molecule has 0 fully saturated rings. The lowest BCUT2D eigenvalue weighted by Crippen LogP contribution is -2.46. The lowest BCUT2D eigenvalue weighted by Gasteiger charge is -2.34. The second-order valence-electron chi connectivity index (χ2n) is 5.40. The fraction of sp³-hybridized carbons (Fsp3) is 0.176. The van der Waals surface area contributed by atoms with Crippen molar-refractivity contribution in [1.29, 1.82) is 0 Å². The number of hydrogen-bond acceptors (Lipinski definition) is 4. The van der Waals surface area contributed by atoms with Crippen LogP contribution in [0.25, 0.3) is 0 Å². The maximum absolute atomic E-state index is 12.9. The second kappa shape index (κ2) is 5.01. The van der Waals surface area contributed by atoms with E-state index < -0.39 is 0 Å². The minimum atomic E-state index is -0.239. The van der Waals surface area contributed by atoms with Crippen LogP contribution in [-0.4, -0.2) is 32.2 Å². The van der Waals surface area contributed by atoms with Crippen molar-refractivity contribution in [3.05, 3.63) is 48.0 Å². The average Bonchev–Trinajstić information content (AvgIpc) is 3.05. The van der Waals surface area contributed by atoms with Gasteiger partial charge in [0.05, 0.1) is 11.4 Å². The first-order valence-electron chi connectivity index (χ1n) is 7.22. The highest BCUT2D eigenvalue weighted by molar-refractivity contribution is 6.15. The van der Waals surface area contributed by atoms with E-state index in [9.17, 15) is 9.59 Å². The molecule has 0 aliphatic carbocycles. The largest absolute Gasteiger partial charge is 0.454 e. The van der Waals surface area contributed by atoms with Crippen LogP contribution < -0.4 is 19.3 Å². The molecule has 23 heavy (non-hydrogen) atoms. The average molecular weight is 310 g/mol. The Morgan fingerprint density at radius 1 is 1.04 bits per heavy atom. The van der Waals surface area contributed by atoms with Gasteiger partial charge in [-0.25, -0.2) is 0 Å². The molecule has 2 aliphatic heterocycles. The highest BCUT2D eigenvalue weighted by Crippen LogP contribution is 2.36. The number of anilines is 2. The van der Waals surface area contributed by atoms with Gasteiger partial charge in [-0.2, -0.15) is 0 Å². The van der Waals surface area contributed by atoms with E-state index in [1.807, 2.05) is 24.3 Å². The van der Waals surface area contributed by atoms with E-state index in [0.29, 0.717) is 17.1 Å². The number of rotatable bonds is 1. The standard InChI is InChI=1S/C17H14N2O4/c1-18-12-4-2-3-5-13(12)19(9-16(18)20)17(21)11-6-7-14-15(8-11)23-10-22-14/h2-8H,9-10H2,1H3. The Morgan fingerprint density at radius 3 is 2.61 bits per heavy atom. The molecule has 0 spiro atoms. The monoisotopic (exact) mass is 310 g/mol. The zero-order valence-electron chi connectivity index (χ0n) is 12.5. The molecule has 0 radical (unpaired) electrons. The van der Waals surface area contributed by atoms with E-state index in [-0.39, 0.29) is 25.2 Å². The lowest BCUT2D eigenvalue weighted by atomic mass is 10.1. The number of nitrogens with zero attached hydrogens (tertiary/aromatic N) is 2. The maximum Gasteiger partial charge on any atom is 0.258 e. The Bertz CT molecular complexity index is 818. The highest BCUT2D eigenvalue weighted by atomic mass is 16.7. The number of fused-ring (bicyclic) bond motifs is 2. The minimum Gasteiger partial charge on any atom is -0.454 e. The van der Waals surface area contributed by atoms with Gasteiger partial charge in [-0.05, 0) is 30.3 Å². The molecule has 116 valence electrons. The number of carbonyl (C=O) groups excluding carboxylic acids is 2. The Morgan fingerprint density at radius 2 is 1.78 bits per heavy atom. The van der Waals surface area contributed by atoms with E-state index in [0.717, 1.165) is 11.4 Å².